The molecule has 112 valence electrons. The van der Waals surface area contributed by atoms with Crippen molar-refractivity contribution in [2.24, 2.45) is 0 Å². The van der Waals surface area contributed by atoms with Gasteiger partial charge < -0.3 is 5.73 Å². The number of pyridine rings is 2. The summed E-state index contributed by atoms with van der Waals surface area (Å²) >= 11 is 3.31. The fraction of sp³-hybridized carbons (Fsp3) is 0. The summed E-state index contributed by atoms with van der Waals surface area (Å²) in [5, 5.41) is 9.36. The second kappa shape index (κ2) is 6.15. The van der Waals surface area contributed by atoms with E-state index < -0.39 is 5.82 Å². The molecule has 2 aromatic heterocycles. The van der Waals surface area contributed by atoms with Gasteiger partial charge in [0, 0.05) is 21.8 Å². The summed E-state index contributed by atoms with van der Waals surface area (Å²) in [5.74, 6) is -0.396. The van der Waals surface area contributed by atoms with Gasteiger partial charge in [0.25, 0.3) is 0 Å². The highest BCUT2D eigenvalue weighted by atomic mass is 79.9. The predicted molar refractivity (Wildman–Crippen MR) is 89.7 cm³/mol. The standard InChI is InChI=1S/C17H10BrFN4/c18-10-4-5-14(19)12(7-10)11-8-16(15-3-1-2-6-22-15)23-17(21)13(11)9-20/h1-8H,(H2,21,23). The van der Waals surface area contributed by atoms with E-state index in [1.54, 1.807) is 36.5 Å². The van der Waals surface area contributed by atoms with Crippen LogP contribution in [0.5, 0.6) is 0 Å². The fourth-order valence-electron chi connectivity index (χ4n) is 2.24. The minimum atomic E-state index is -0.442. The Morgan fingerprint density at radius 2 is 1.91 bits per heavy atom. The lowest BCUT2D eigenvalue weighted by Gasteiger charge is -2.11. The van der Waals surface area contributed by atoms with Gasteiger partial charge in [-0.3, -0.25) is 4.98 Å². The first kappa shape index (κ1) is 15.1. The highest BCUT2D eigenvalue weighted by Gasteiger charge is 2.16. The zero-order valence-electron chi connectivity index (χ0n) is 11.8. The quantitative estimate of drug-likeness (QED) is 0.736. The van der Waals surface area contributed by atoms with Gasteiger partial charge in [0.1, 0.15) is 23.3 Å². The Hall–Kier alpha value is -2.78. The number of aromatic nitrogens is 2. The number of halogens is 2. The van der Waals surface area contributed by atoms with Crippen LogP contribution in [0.4, 0.5) is 10.2 Å². The number of nitrogens with zero attached hydrogens (tertiary/aromatic N) is 3. The van der Waals surface area contributed by atoms with Gasteiger partial charge in [-0.1, -0.05) is 22.0 Å². The molecule has 0 amide bonds. The molecule has 0 saturated carbocycles. The number of anilines is 1. The topological polar surface area (TPSA) is 75.6 Å². The lowest BCUT2D eigenvalue weighted by atomic mass is 9.99. The van der Waals surface area contributed by atoms with E-state index in [2.05, 4.69) is 25.9 Å². The molecule has 0 aliphatic carbocycles. The van der Waals surface area contributed by atoms with Crippen molar-refractivity contribution in [2.75, 3.05) is 5.73 Å². The molecule has 0 fully saturated rings. The highest BCUT2D eigenvalue weighted by molar-refractivity contribution is 9.10. The first-order valence-electron chi connectivity index (χ1n) is 6.67. The van der Waals surface area contributed by atoms with Crippen molar-refractivity contribution in [1.82, 2.24) is 9.97 Å². The first-order chi connectivity index (χ1) is 11.1. The van der Waals surface area contributed by atoms with Crippen molar-refractivity contribution in [2.45, 2.75) is 0 Å². The van der Waals surface area contributed by atoms with Crippen molar-refractivity contribution >= 4 is 21.7 Å². The summed E-state index contributed by atoms with van der Waals surface area (Å²) in [6.07, 6.45) is 1.63. The van der Waals surface area contributed by atoms with Crippen LogP contribution < -0.4 is 5.73 Å². The van der Waals surface area contributed by atoms with E-state index in [-0.39, 0.29) is 16.9 Å². The summed E-state index contributed by atoms with van der Waals surface area (Å²) < 4.78 is 14.9. The SMILES string of the molecule is N#Cc1c(-c2cc(Br)ccc2F)cc(-c2ccccn2)nc1N. The zero-order valence-corrected chi connectivity index (χ0v) is 13.4. The van der Waals surface area contributed by atoms with Crippen molar-refractivity contribution in [3.63, 3.8) is 0 Å². The molecule has 6 heteroatoms. The van der Waals surface area contributed by atoms with Crippen molar-refractivity contribution in [3.05, 3.63) is 64.5 Å². The molecular weight excluding hydrogens is 359 g/mol. The van der Waals surface area contributed by atoms with E-state index in [9.17, 15) is 9.65 Å². The maximum absolute atomic E-state index is 14.2. The second-order valence-electron chi connectivity index (χ2n) is 4.77. The molecule has 0 bridgehead atoms. The van der Waals surface area contributed by atoms with Crippen LogP contribution in [0.2, 0.25) is 0 Å². The van der Waals surface area contributed by atoms with Crippen LogP contribution >= 0.6 is 15.9 Å². The largest absolute Gasteiger partial charge is 0.383 e. The molecule has 0 spiro atoms. The molecule has 2 N–H and O–H groups in total. The Morgan fingerprint density at radius 3 is 2.61 bits per heavy atom. The molecule has 0 unspecified atom stereocenters. The molecule has 2 heterocycles. The van der Waals surface area contributed by atoms with Gasteiger partial charge >= 0.3 is 0 Å². The molecule has 0 radical (unpaired) electrons. The molecule has 1 aromatic carbocycles. The summed E-state index contributed by atoms with van der Waals surface area (Å²) in [6, 6.07) is 13.5. The summed E-state index contributed by atoms with van der Waals surface area (Å²) in [4.78, 5) is 8.43. The number of rotatable bonds is 2. The van der Waals surface area contributed by atoms with Crippen molar-refractivity contribution in [1.29, 1.82) is 5.26 Å². The van der Waals surface area contributed by atoms with Crippen LogP contribution in [-0.4, -0.2) is 9.97 Å². The average molecular weight is 369 g/mol. The number of nitrogens with two attached hydrogens (primary N) is 1. The number of hydrogen-bond donors (Lipinski definition) is 1. The van der Waals surface area contributed by atoms with Crippen LogP contribution in [0.15, 0.2) is 53.1 Å². The number of benzene rings is 1. The Kier molecular flexibility index (Phi) is 4.04. The van der Waals surface area contributed by atoms with Gasteiger partial charge in [0.15, 0.2) is 0 Å². The molecular formula is C17H10BrFN4. The van der Waals surface area contributed by atoms with Crippen LogP contribution in [0.3, 0.4) is 0 Å². The smallest absolute Gasteiger partial charge is 0.142 e. The van der Waals surface area contributed by atoms with E-state index in [1.807, 2.05) is 12.1 Å². The Bertz CT molecular complexity index is 920. The number of nitriles is 1. The predicted octanol–water partition coefficient (Wildman–Crippen LogP) is 4.17. The van der Waals surface area contributed by atoms with Crippen LogP contribution in [0, 0.1) is 17.1 Å². The lowest BCUT2D eigenvalue weighted by molar-refractivity contribution is 0.631. The summed E-state index contributed by atoms with van der Waals surface area (Å²) in [5.41, 5.74) is 7.79. The van der Waals surface area contributed by atoms with Gasteiger partial charge in [-0.25, -0.2) is 9.37 Å². The third kappa shape index (κ3) is 2.91. The average Bonchev–Trinajstić information content (AvgIpc) is 2.57. The van der Waals surface area contributed by atoms with E-state index in [0.717, 1.165) is 0 Å². The van der Waals surface area contributed by atoms with Crippen molar-refractivity contribution in [3.8, 4) is 28.6 Å². The normalized spacial score (nSPS) is 10.3. The van der Waals surface area contributed by atoms with Gasteiger partial charge in [0.2, 0.25) is 0 Å². The van der Waals surface area contributed by atoms with Crippen LogP contribution in [-0.2, 0) is 0 Å². The molecule has 0 aliphatic rings. The fourth-order valence-corrected chi connectivity index (χ4v) is 2.61. The molecule has 0 atom stereocenters. The van der Waals surface area contributed by atoms with Crippen LogP contribution in [0.25, 0.3) is 22.5 Å². The van der Waals surface area contributed by atoms with E-state index >= 15 is 0 Å². The van der Waals surface area contributed by atoms with E-state index in [4.69, 9.17) is 5.73 Å². The zero-order chi connectivity index (χ0) is 16.4. The monoisotopic (exact) mass is 368 g/mol. The molecule has 0 aliphatic heterocycles. The Balaban J connectivity index is 2.29. The maximum atomic E-state index is 14.2. The third-order valence-corrected chi connectivity index (χ3v) is 3.80. The maximum Gasteiger partial charge on any atom is 0.142 e. The van der Waals surface area contributed by atoms with Gasteiger partial charge in [-0.05, 0) is 36.4 Å². The minimum absolute atomic E-state index is 0.0463. The van der Waals surface area contributed by atoms with Gasteiger partial charge in [-0.15, -0.1) is 0 Å². The molecule has 3 rings (SSSR count). The molecule has 23 heavy (non-hydrogen) atoms. The van der Waals surface area contributed by atoms with Gasteiger partial charge in [-0.2, -0.15) is 5.26 Å². The lowest BCUT2D eigenvalue weighted by Crippen LogP contribution is -2.01. The van der Waals surface area contributed by atoms with E-state index in [1.165, 1.54) is 6.07 Å². The third-order valence-electron chi connectivity index (χ3n) is 3.31. The van der Waals surface area contributed by atoms with Crippen molar-refractivity contribution < 1.29 is 4.39 Å². The number of hydrogen-bond acceptors (Lipinski definition) is 4. The minimum Gasteiger partial charge on any atom is -0.383 e. The first-order valence-corrected chi connectivity index (χ1v) is 7.47. The Labute approximate surface area is 140 Å². The Morgan fingerprint density at radius 1 is 1.09 bits per heavy atom. The summed E-state index contributed by atoms with van der Waals surface area (Å²) in [7, 11) is 0. The molecule has 3 aromatic rings. The summed E-state index contributed by atoms with van der Waals surface area (Å²) in [6.45, 7) is 0. The van der Waals surface area contributed by atoms with Gasteiger partial charge in [0.05, 0.1) is 11.4 Å². The second-order valence-corrected chi connectivity index (χ2v) is 5.68. The molecule has 4 nitrogen and oxygen atoms in total. The highest BCUT2D eigenvalue weighted by Crippen LogP contribution is 2.33. The van der Waals surface area contributed by atoms with E-state index in [0.29, 0.717) is 21.4 Å². The molecule has 0 saturated heterocycles. The van der Waals surface area contributed by atoms with Crippen LogP contribution in [0.1, 0.15) is 5.56 Å². The number of nitrogen functional groups attached to an aromatic ring is 1.